The summed E-state index contributed by atoms with van der Waals surface area (Å²) in [5.41, 5.74) is 9.16. The number of rotatable bonds is 3. The van der Waals surface area contributed by atoms with Crippen LogP contribution in [-0.2, 0) is 0 Å². The fourth-order valence-electron chi connectivity index (χ4n) is 5.98. The molecule has 1 aliphatic heterocycles. The predicted molar refractivity (Wildman–Crippen MR) is 155 cm³/mol. The zero-order valence-corrected chi connectivity index (χ0v) is 20.6. The molecule has 2 aliphatic rings. The van der Waals surface area contributed by atoms with Crippen LogP contribution in [0.15, 0.2) is 134 Å². The molecule has 0 saturated heterocycles. The quantitative estimate of drug-likeness (QED) is 0.253. The van der Waals surface area contributed by atoms with Gasteiger partial charge in [0.05, 0.1) is 23.4 Å². The molecule has 4 nitrogen and oxygen atoms in total. The smallest absolute Gasteiger partial charge is 0.0762 e. The summed E-state index contributed by atoms with van der Waals surface area (Å²) in [6, 6.07) is 32.7. The molecule has 4 heterocycles. The van der Waals surface area contributed by atoms with Crippen molar-refractivity contribution < 1.29 is 0 Å². The Hall–Kier alpha value is -4.96. The predicted octanol–water partition coefficient (Wildman–Crippen LogP) is 7.95. The number of hydrogen-bond acceptors (Lipinski definition) is 3. The van der Waals surface area contributed by atoms with E-state index in [-0.39, 0.29) is 0 Å². The van der Waals surface area contributed by atoms with E-state index in [1.165, 1.54) is 27.7 Å². The van der Waals surface area contributed by atoms with Gasteiger partial charge in [-0.3, -0.25) is 4.98 Å². The normalized spacial score (nSPS) is 17.7. The summed E-state index contributed by atoms with van der Waals surface area (Å²) in [6.45, 7) is 0. The third kappa shape index (κ3) is 3.24. The van der Waals surface area contributed by atoms with Gasteiger partial charge in [0.25, 0.3) is 0 Å². The SMILES string of the molecule is C1=CC2c3ccccc3N(c3ccc(-c4ccc(-c5cnn6cc7ccccc7cc56)nc4)cc3)C2C=C1. The molecule has 2 atom stereocenters. The molecule has 0 radical (unpaired) electrons. The first-order valence-corrected chi connectivity index (χ1v) is 13.0. The van der Waals surface area contributed by atoms with Gasteiger partial charge >= 0.3 is 0 Å². The van der Waals surface area contributed by atoms with E-state index in [4.69, 9.17) is 4.98 Å². The van der Waals surface area contributed by atoms with Crippen LogP contribution in [0, 0.1) is 0 Å². The van der Waals surface area contributed by atoms with Gasteiger partial charge in [0, 0.05) is 46.2 Å². The summed E-state index contributed by atoms with van der Waals surface area (Å²) in [5.74, 6) is 0.394. The average Bonchev–Trinajstić information content (AvgIpc) is 3.55. The molecule has 4 heteroatoms. The molecule has 0 fully saturated rings. The van der Waals surface area contributed by atoms with Gasteiger partial charge in [0.2, 0.25) is 0 Å². The van der Waals surface area contributed by atoms with Crippen LogP contribution in [-0.4, -0.2) is 20.6 Å². The third-order valence-corrected chi connectivity index (χ3v) is 7.86. The zero-order valence-electron chi connectivity index (χ0n) is 20.6. The van der Waals surface area contributed by atoms with Gasteiger partial charge in [-0.2, -0.15) is 5.10 Å². The van der Waals surface area contributed by atoms with E-state index in [2.05, 4.69) is 131 Å². The second-order valence-corrected chi connectivity index (χ2v) is 9.98. The van der Waals surface area contributed by atoms with Crippen LogP contribution in [0.4, 0.5) is 11.4 Å². The molecule has 0 spiro atoms. The Morgan fingerprint density at radius 3 is 2.34 bits per heavy atom. The van der Waals surface area contributed by atoms with Crippen molar-refractivity contribution in [1.29, 1.82) is 0 Å². The minimum atomic E-state index is 0.312. The monoisotopic (exact) mass is 488 g/mol. The van der Waals surface area contributed by atoms with Gasteiger partial charge in [0.1, 0.15) is 0 Å². The first-order valence-electron chi connectivity index (χ1n) is 13.0. The number of hydrogen-bond donors (Lipinski definition) is 0. The summed E-state index contributed by atoms with van der Waals surface area (Å²) in [5, 5.41) is 6.95. The van der Waals surface area contributed by atoms with Crippen molar-refractivity contribution in [2.24, 2.45) is 0 Å². The van der Waals surface area contributed by atoms with Crippen LogP contribution in [0.3, 0.4) is 0 Å². The summed E-state index contributed by atoms with van der Waals surface area (Å²) < 4.78 is 1.93. The number of allylic oxidation sites excluding steroid dienone is 2. The number of anilines is 2. The van der Waals surface area contributed by atoms with Gasteiger partial charge in [-0.15, -0.1) is 0 Å². The minimum absolute atomic E-state index is 0.312. The first-order chi connectivity index (χ1) is 18.8. The molecule has 3 aromatic carbocycles. The van der Waals surface area contributed by atoms with E-state index in [1.54, 1.807) is 0 Å². The lowest BCUT2D eigenvalue weighted by Gasteiger charge is -2.28. The molecule has 3 aromatic heterocycles. The Bertz CT molecular complexity index is 1880. The molecule has 8 rings (SSSR count). The Labute approximate surface area is 220 Å². The number of para-hydroxylation sites is 1. The van der Waals surface area contributed by atoms with E-state index in [0.29, 0.717) is 12.0 Å². The van der Waals surface area contributed by atoms with Crippen LogP contribution in [0.1, 0.15) is 11.5 Å². The highest BCUT2D eigenvalue weighted by atomic mass is 15.2. The molecule has 2 unspecified atom stereocenters. The van der Waals surface area contributed by atoms with Gasteiger partial charge < -0.3 is 4.90 Å². The van der Waals surface area contributed by atoms with E-state index in [9.17, 15) is 0 Å². The number of pyridine rings is 2. The minimum Gasteiger partial charge on any atom is -0.333 e. The molecular formula is C34H24N4. The zero-order chi connectivity index (χ0) is 25.1. The number of fused-ring (bicyclic) bond motifs is 5. The molecule has 1 aliphatic carbocycles. The van der Waals surface area contributed by atoms with Crippen molar-refractivity contribution >= 4 is 27.7 Å². The van der Waals surface area contributed by atoms with Crippen LogP contribution in [0.2, 0.25) is 0 Å². The second-order valence-electron chi connectivity index (χ2n) is 9.98. The van der Waals surface area contributed by atoms with Crippen molar-refractivity contribution in [3.05, 3.63) is 139 Å². The molecule has 0 saturated carbocycles. The van der Waals surface area contributed by atoms with E-state index in [0.717, 1.165) is 27.9 Å². The molecule has 0 amide bonds. The molecule has 6 aromatic rings. The van der Waals surface area contributed by atoms with Gasteiger partial charge in [-0.1, -0.05) is 85.0 Å². The molecule has 0 bridgehead atoms. The maximum absolute atomic E-state index is 4.83. The van der Waals surface area contributed by atoms with E-state index >= 15 is 0 Å². The van der Waals surface area contributed by atoms with Crippen molar-refractivity contribution in [3.8, 4) is 22.4 Å². The maximum atomic E-state index is 4.83. The van der Waals surface area contributed by atoms with Crippen LogP contribution < -0.4 is 4.90 Å². The lowest BCUT2D eigenvalue weighted by atomic mass is 9.91. The molecule has 0 N–H and O–H groups in total. The fraction of sp³-hybridized carbons (Fsp3) is 0.0588. The highest BCUT2D eigenvalue weighted by molar-refractivity contribution is 5.90. The highest BCUT2D eigenvalue weighted by Gasteiger charge is 2.36. The van der Waals surface area contributed by atoms with Gasteiger partial charge in [-0.25, -0.2) is 4.52 Å². The van der Waals surface area contributed by atoms with Crippen molar-refractivity contribution in [2.75, 3.05) is 4.90 Å². The third-order valence-electron chi connectivity index (χ3n) is 7.86. The summed E-state index contributed by atoms with van der Waals surface area (Å²) in [7, 11) is 0. The lowest BCUT2D eigenvalue weighted by Crippen LogP contribution is -2.28. The largest absolute Gasteiger partial charge is 0.333 e. The number of benzene rings is 3. The summed E-state index contributed by atoms with van der Waals surface area (Å²) >= 11 is 0. The van der Waals surface area contributed by atoms with Crippen LogP contribution in [0.5, 0.6) is 0 Å². The average molecular weight is 489 g/mol. The summed E-state index contributed by atoms with van der Waals surface area (Å²) in [6.07, 6.45) is 14.9. The van der Waals surface area contributed by atoms with Crippen molar-refractivity contribution in [1.82, 2.24) is 14.6 Å². The van der Waals surface area contributed by atoms with Gasteiger partial charge in [-0.05, 0) is 46.8 Å². The highest BCUT2D eigenvalue weighted by Crippen LogP contribution is 2.47. The maximum Gasteiger partial charge on any atom is 0.0762 e. The Morgan fingerprint density at radius 2 is 1.47 bits per heavy atom. The number of aromatic nitrogens is 3. The molecule has 38 heavy (non-hydrogen) atoms. The Balaban J connectivity index is 1.10. The van der Waals surface area contributed by atoms with E-state index < -0.39 is 0 Å². The molecule has 180 valence electrons. The van der Waals surface area contributed by atoms with Crippen molar-refractivity contribution in [3.63, 3.8) is 0 Å². The van der Waals surface area contributed by atoms with E-state index in [1.807, 2.05) is 16.9 Å². The lowest BCUT2D eigenvalue weighted by molar-refractivity contribution is 0.745. The number of nitrogens with zero attached hydrogens (tertiary/aromatic N) is 4. The summed E-state index contributed by atoms with van der Waals surface area (Å²) in [4.78, 5) is 7.29. The Morgan fingerprint density at radius 1 is 0.684 bits per heavy atom. The topological polar surface area (TPSA) is 33.4 Å². The fourth-order valence-corrected chi connectivity index (χ4v) is 5.98. The standard InChI is InChI=1S/C34H24N4/c1-2-8-26-22-37-34(19-24(26)7-1)30(21-36-37)31-18-15-25(20-35-31)23-13-16-27(17-14-23)38-32-11-5-3-9-28(32)29-10-4-6-12-33(29)38/h1-22,28,32H. The second kappa shape index (κ2) is 8.29. The van der Waals surface area contributed by atoms with Gasteiger partial charge in [0.15, 0.2) is 0 Å². The Kier molecular flexibility index (Phi) is 4.61. The van der Waals surface area contributed by atoms with Crippen LogP contribution >= 0.6 is 0 Å². The van der Waals surface area contributed by atoms with Crippen molar-refractivity contribution in [2.45, 2.75) is 12.0 Å². The molecular weight excluding hydrogens is 464 g/mol. The van der Waals surface area contributed by atoms with Crippen LogP contribution in [0.25, 0.3) is 38.7 Å². The first kappa shape index (κ1) is 21.2.